The fourth-order valence-corrected chi connectivity index (χ4v) is 2.92. The molecular formula is C20H18N4O2. The van der Waals surface area contributed by atoms with Gasteiger partial charge in [0.05, 0.1) is 11.0 Å². The van der Waals surface area contributed by atoms with E-state index in [1.165, 1.54) is 0 Å². The highest BCUT2D eigenvalue weighted by Gasteiger charge is 2.18. The van der Waals surface area contributed by atoms with Crippen LogP contribution < -0.4 is 0 Å². The van der Waals surface area contributed by atoms with E-state index in [0.717, 1.165) is 21.8 Å². The molecule has 0 aliphatic heterocycles. The Kier molecular flexibility index (Phi) is 4.06. The number of aliphatic hydroxyl groups excluding tert-OH is 2. The molecule has 6 nitrogen and oxygen atoms in total. The third-order valence-corrected chi connectivity index (χ3v) is 4.21. The van der Waals surface area contributed by atoms with Crippen LogP contribution in [0.5, 0.6) is 0 Å². The van der Waals surface area contributed by atoms with Crippen molar-refractivity contribution < 1.29 is 10.2 Å². The van der Waals surface area contributed by atoms with E-state index in [-0.39, 0.29) is 0 Å². The minimum absolute atomic E-state index is 0.333. The van der Waals surface area contributed by atoms with Crippen LogP contribution in [0.1, 0.15) is 37.7 Å². The molecule has 0 unspecified atom stereocenters. The van der Waals surface area contributed by atoms with Crippen LogP contribution in [0.15, 0.2) is 48.5 Å². The van der Waals surface area contributed by atoms with Gasteiger partial charge in [0.2, 0.25) is 0 Å². The van der Waals surface area contributed by atoms with Crippen molar-refractivity contribution in [3.05, 3.63) is 60.2 Å². The van der Waals surface area contributed by atoms with Crippen molar-refractivity contribution in [2.75, 3.05) is 0 Å². The first-order valence-corrected chi connectivity index (χ1v) is 8.44. The molecular weight excluding hydrogens is 328 g/mol. The summed E-state index contributed by atoms with van der Waals surface area (Å²) in [6.45, 7) is 3.26. The van der Waals surface area contributed by atoms with Gasteiger partial charge in [-0.3, -0.25) is 0 Å². The predicted octanol–water partition coefficient (Wildman–Crippen LogP) is 3.35. The first kappa shape index (κ1) is 16.5. The Labute approximate surface area is 150 Å². The number of nitrogens with zero attached hydrogens (tertiary/aromatic N) is 4. The highest BCUT2D eigenvalue weighted by Crippen LogP contribution is 2.31. The number of para-hydroxylation sites is 2. The lowest BCUT2D eigenvalue weighted by molar-refractivity contribution is 0.188. The fraction of sp³-hybridized carbons (Fsp3) is 0.200. The summed E-state index contributed by atoms with van der Waals surface area (Å²) in [5.74, 6) is 0.667. The van der Waals surface area contributed by atoms with Gasteiger partial charge in [0, 0.05) is 10.8 Å². The Hall–Kier alpha value is -2.96. The van der Waals surface area contributed by atoms with E-state index in [0.29, 0.717) is 23.0 Å². The number of hydrogen-bond acceptors (Lipinski definition) is 6. The van der Waals surface area contributed by atoms with Gasteiger partial charge in [-0.25, -0.2) is 19.9 Å². The van der Waals surface area contributed by atoms with Gasteiger partial charge >= 0.3 is 0 Å². The maximum Gasteiger partial charge on any atom is 0.157 e. The first-order valence-electron chi connectivity index (χ1n) is 8.44. The molecule has 2 atom stereocenters. The van der Waals surface area contributed by atoms with Crippen molar-refractivity contribution >= 4 is 21.8 Å². The monoisotopic (exact) mass is 346 g/mol. The zero-order valence-corrected chi connectivity index (χ0v) is 14.5. The maximum absolute atomic E-state index is 10.0. The van der Waals surface area contributed by atoms with Gasteiger partial charge in [0.1, 0.15) is 23.6 Å². The van der Waals surface area contributed by atoms with Crippen LogP contribution in [-0.4, -0.2) is 30.1 Å². The van der Waals surface area contributed by atoms with E-state index in [4.69, 9.17) is 0 Å². The highest BCUT2D eigenvalue weighted by atomic mass is 16.3. The number of aromatic nitrogens is 4. The van der Waals surface area contributed by atoms with Crippen molar-refractivity contribution in [3.8, 4) is 11.4 Å². The summed E-state index contributed by atoms with van der Waals surface area (Å²) < 4.78 is 0. The first-order chi connectivity index (χ1) is 12.5. The molecule has 0 spiro atoms. The summed E-state index contributed by atoms with van der Waals surface area (Å²) in [6.07, 6.45) is -1.61. The van der Waals surface area contributed by atoms with E-state index < -0.39 is 12.2 Å². The van der Waals surface area contributed by atoms with Crippen molar-refractivity contribution in [3.63, 3.8) is 0 Å². The zero-order chi connectivity index (χ0) is 18.3. The van der Waals surface area contributed by atoms with Gasteiger partial charge in [-0.1, -0.05) is 36.4 Å². The predicted molar refractivity (Wildman–Crippen MR) is 99.3 cm³/mol. The fourth-order valence-electron chi connectivity index (χ4n) is 2.92. The molecule has 0 aliphatic rings. The summed E-state index contributed by atoms with van der Waals surface area (Å²) in [5, 5.41) is 21.7. The molecule has 2 aromatic carbocycles. The van der Waals surface area contributed by atoms with E-state index in [1.807, 2.05) is 48.5 Å². The Morgan fingerprint density at radius 3 is 1.38 bits per heavy atom. The second kappa shape index (κ2) is 6.40. The molecule has 0 radical (unpaired) electrons. The van der Waals surface area contributed by atoms with Crippen LogP contribution in [-0.2, 0) is 0 Å². The molecule has 6 heteroatoms. The van der Waals surface area contributed by atoms with Crippen molar-refractivity contribution in [1.82, 2.24) is 19.9 Å². The molecule has 0 bridgehead atoms. The minimum Gasteiger partial charge on any atom is -0.385 e. The van der Waals surface area contributed by atoms with Crippen LogP contribution in [0, 0.1) is 0 Å². The van der Waals surface area contributed by atoms with Gasteiger partial charge in [-0.2, -0.15) is 0 Å². The Bertz CT molecular complexity index is 1020. The summed E-state index contributed by atoms with van der Waals surface area (Å²) in [7, 11) is 0. The lowest BCUT2D eigenvalue weighted by atomic mass is 10.1. The SMILES string of the molecule is C[C@H](O)c1nc(-c2nc([C@H](C)O)nc3ccccc23)c2ccccc2n1. The van der Waals surface area contributed by atoms with Crippen LogP contribution in [0.4, 0.5) is 0 Å². The van der Waals surface area contributed by atoms with Crippen molar-refractivity contribution in [1.29, 1.82) is 0 Å². The number of rotatable bonds is 3. The molecule has 0 saturated heterocycles. The van der Waals surface area contributed by atoms with Gasteiger partial charge in [0.25, 0.3) is 0 Å². The molecule has 2 heterocycles. The van der Waals surface area contributed by atoms with Crippen LogP contribution in [0.2, 0.25) is 0 Å². The number of aliphatic hydroxyl groups is 2. The van der Waals surface area contributed by atoms with Crippen molar-refractivity contribution in [2.24, 2.45) is 0 Å². The molecule has 4 rings (SSSR count). The second-order valence-electron chi connectivity index (χ2n) is 6.25. The number of benzene rings is 2. The third-order valence-electron chi connectivity index (χ3n) is 4.21. The van der Waals surface area contributed by atoms with Gasteiger partial charge in [-0.05, 0) is 26.0 Å². The smallest absolute Gasteiger partial charge is 0.157 e. The lowest BCUT2D eigenvalue weighted by Gasteiger charge is -2.13. The average molecular weight is 346 g/mol. The molecule has 2 N–H and O–H groups in total. The Morgan fingerprint density at radius 1 is 0.615 bits per heavy atom. The molecule has 0 amide bonds. The summed E-state index contributed by atoms with van der Waals surface area (Å²) in [4.78, 5) is 18.1. The lowest BCUT2D eigenvalue weighted by Crippen LogP contribution is -2.06. The Morgan fingerprint density at radius 2 is 1.00 bits per heavy atom. The summed E-state index contributed by atoms with van der Waals surface area (Å²) in [6, 6.07) is 15.2. The van der Waals surface area contributed by atoms with Crippen LogP contribution >= 0.6 is 0 Å². The minimum atomic E-state index is -0.803. The van der Waals surface area contributed by atoms with Gasteiger partial charge < -0.3 is 10.2 Å². The molecule has 0 fully saturated rings. The van der Waals surface area contributed by atoms with E-state index in [2.05, 4.69) is 19.9 Å². The zero-order valence-electron chi connectivity index (χ0n) is 14.5. The van der Waals surface area contributed by atoms with E-state index in [9.17, 15) is 10.2 Å². The van der Waals surface area contributed by atoms with Crippen molar-refractivity contribution in [2.45, 2.75) is 26.1 Å². The molecule has 26 heavy (non-hydrogen) atoms. The topological polar surface area (TPSA) is 92.0 Å². The van der Waals surface area contributed by atoms with Gasteiger partial charge in [0.15, 0.2) is 11.6 Å². The van der Waals surface area contributed by atoms with Crippen LogP contribution in [0.3, 0.4) is 0 Å². The molecule has 130 valence electrons. The normalized spacial score (nSPS) is 13.8. The van der Waals surface area contributed by atoms with E-state index >= 15 is 0 Å². The quantitative estimate of drug-likeness (QED) is 0.591. The van der Waals surface area contributed by atoms with Crippen LogP contribution in [0.25, 0.3) is 33.2 Å². The standard InChI is InChI=1S/C20H18N4O2/c1-11(25)19-21-15-9-5-3-7-13(15)17(23-19)18-14-8-4-6-10-16(14)22-20(24-18)12(2)26/h3-12,25-26H,1-2H3/t11-,12-/m0/s1. The summed E-state index contributed by atoms with van der Waals surface area (Å²) >= 11 is 0. The third kappa shape index (κ3) is 2.79. The average Bonchev–Trinajstić information content (AvgIpc) is 2.66. The molecule has 2 aromatic heterocycles. The highest BCUT2D eigenvalue weighted by molar-refractivity contribution is 6.00. The molecule has 0 aliphatic carbocycles. The maximum atomic E-state index is 10.0. The largest absolute Gasteiger partial charge is 0.385 e. The number of fused-ring (bicyclic) bond motifs is 2. The molecule has 0 saturated carbocycles. The van der Waals surface area contributed by atoms with E-state index in [1.54, 1.807) is 13.8 Å². The number of hydrogen-bond donors (Lipinski definition) is 2. The Balaban J connectivity index is 2.12. The summed E-state index contributed by atoms with van der Waals surface area (Å²) in [5.41, 5.74) is 2.70. The van der Waals surface area contributed by atoms with Gasteiger partial charge in [-0.15, -0.1) is 0 Å². The molecule has 4 aromatic rings. The second-order valence-corrected chi connectivity index (χ2v) is 6.25.